The van der Waals surface area contributed by atoms with Gasteiger partial charge in [-0.1, -0.05) is 13.8 Å². The fraction of sp³-hybridized carbons (Fsp3) is 0.846. The van der Waals surface area contributed by atoms with Gasteiger partial charge in [0.25, 0.3) is 0 Å². The van der Waals surface area contributed by atoms with Gasteiger partial charge < -0.3 is 10.0 Å². The van der Waals surface area contributed by atoms with Gasteiger partial charge in [-0.3, -0.25) is 4.79 Å². The van der Waals surface area contributed by atoms with Gasteiger partial charge in [-0.2, -0.15) is 0 Å². The molecule has 0 aliphatic heterocycles. The van der Waals surface area contributed by atoms with Crippen LogP contribution in [0.15, 0.2) is 0 Å². The zero-order valence-corrected chi connectivity index (χ0v) is 11.4. The highest BCUT2D eigenvalue weighted by Gasteiger charge is 2.42. The Balaban J connectivity index is 2.92. The lowest BCUT2D eigenvalue weighted by Gasteiger charge is -2.44. The topological polar surface area (TPSA) is 57.6 Å². The van der Waals surface area contributed by atoms with E-state index in [1.807, 2.05) is 34.6 Å². The Morgan fingerprint density at radius 2 is 1.94 bits per heavy atom. The van der Waals surface area contributed by atoms with E-state index in [9.17, 15) is 14.7 Å². The van der Waals surface area contributed by atoms with E-state index >= 15 is 0 Å². The molecule has 0 heterocycles. The molecular formula is C13H23NO3. The third-order valence-electron chi connectivity index (χ3n) is 3.50. The molecule has 0 radical (unpaired) electrons. The van der Waals surface area contributed by atoms with E-state index in [1.165, 1.54) is 4.90 Å². The van der Waals surface area contributed by atoms with Crippen molar-refractivity contribution in [3.8, 4) is 0 Å². The fourth-order valence-corrected chi connectivity index (χ4v) is 2.65. The van der Waals surface area contributed by atoms with Crippen LogP contribution in [-0.2, 0) is 4.79 Å². The number of hydrogen-bond donors (Lipinski definition) is 1. The molecule has 0 aromatic rings. The number of rotatable bonds is 1. The second-order valence-corrected chi connectivity index (χ2v) is 6.53. The minimum atomic E-state index is -0.896. The van der Waals surface area contributed by atoms with E-state index < -0.39 is 17.0 Å². The molecule has 1 aliphatic rings. The van der Waals surface area contributed by atoms with Gasteiger partial charge in [-0.15, -0.1) is 0 Å². The molecule has 1 rings (SSSR count). The summed E-state index contributed by atoms with van der Waals surface area (Å²) < 4.78 is 0. The Labute approximate surface area is 103 Å². The molecule has 1 aliphatic carbocycles. The third kappa shape index (κ3) is 2.99. The van der Waals surface area contributed by atoms with Gasteiger partial charge in [0.2, 0.25) is 0 Å². The first-order valence-electron chi connectivity index (χ1n) is 6.11. The normalized spacial score (nSPS) is 24.5. The maximum absolute atomic E-state index is 11.7. The Hall–Kier alpha value is -1.06. The van der Waals surface area contributed by atoms with E-state index in [0.717, 1.165) is 0 Å². The molecule has 0 aromatic carbocycles. The zero-order chi connectivity index (χ0) is 13.4. The van der Waals surface area contributed by atoms with Crippen molar-refractivity contribution in [1.29, 1.82) is 0 Å². The number of ketones is 1. The SMILES string of the molecule is CC1(C)CC(N(C(=O)O)C(C)(C)C)CCC1=O. The molecule has 1 fully saturated rings. The van der Waals surface area contributed by atoms with Crippen molar-refractivity contribution in [2.45, 2.75) is 65.5 Å². The van der Waals surface area contributed by atoms with Gasteiger partial charge in [0.05, 0.1) is 0 Å². The van der Waals surface area contributed by atoms with Gasteiger partial charge in [0.15, 0.2) is 0 Å². The van der Waals surface area contributed by atoms with Crippen LogP contribution >= 0.6 is 0 Å². The molecule has 4 nitrogen and oxygen atoms in total. The number of nitrogens with zero attached hydrogens (tertiary/aromatic N) is 1. The summed E-state index contributed by atoms with van der Waals surface area (Å²) in [6.07, 6.45) is 0.853. The van der Waals surface area contributed by atoms with Crippen molar-refractivity contribution in [3.63, 3.8) is 0 Å². The molecule has 1 atom stereocenters. The minimum absolute atomic E-state index is 0.0554. The first-order chi connectivity index (χ1) is 7.55. The summed E-state index contributed by atoms with van der Waals surface area (Å²) >= 11 is 0. The lowest BCUT2D eigenvalue weighted by molar-refractivity contribution is -0.131. The standard InChI is InChI=1S/C13H23NO3/c1-12(2,3)14(11(16)17)9-6-7-10(15)13(4,5)8-9/h9H,6-8H2,1-5H3,(H,16,17). The van der Waals surface area contributed by atoms with E-state index in [1.54, 1.807) is 0 Å². The average molecular weight is 241 g/mol. The van der Waals surface area contributed by atoms with Crippen LogP contribution in [0.5, 0.6) is 0 Å². The van der Waals surface area contributed by atoms with Crippen LogP contribution in [0.4, 0.5) is 4.79 Å². The van der Waals surface area contributed by atoms with Gasteiger partial charge in [-0.25, -0.2) is 4.79 Å². The molecular weight excluding hydrogens is 218 g/mol. The van der Waals surface area contributed by atoms with Gasteiger partial charge in [0.1, 0.15) is 5.78 Å². The molecule has 0 saturated heterocycles. The molecule has 1 N–H and O–H groups in total. The van der Waals surface area contributed by atoms with Crippen LogP contribution < -0.4 is 0 Å². The largest absolute Gasteiger partial charge is 0.465 e. The summed E-state index contributed by atoms with van der Waals surface area (Å²) in [5.74, 6) is 0.244. The highest BCUT2D eigenvalue weighted by Crippen LogP contribution is 2.36. The minimum Gasteiger partial charge on any atom is -0.465 e. The smallest absolute Gasteiger partial charge is 0.407 e. The molecule has 4 heteroatoms. The number of carbonyl (C=O) groups excluding carboxylic acids is 1. The zero-order valence-electron chi connectivity index (χ0n) is 11.4. The van der Waals surface area contributed by atoms with Crippen LogP contribution in [0.25, 0.3) is 0 Å². The summed E-state index contributed by atoms with van der Waals surface area (Å²) in [5.41, 5.74) is -0.825. The number of Topliss-reactive ketones (excluding diaryl/α,β-unsaturated/α-hetero) is 1. The van der Waals surface area contributed by atoms with Crippen LogP contribution in [-0.4, -0.2) is 33.5 Å². The quantitative estimate of drug-likeness (QED) is 0.768. The lowest BCUT2D eigenvalue weighted by Crippen LogP contribution is -2.54. The molecule has 0 bridgehead atoms. The molecule has 1 saturated carbocycles. The van der Waals surface area contributed by atoms with Crippen LogP contribution in [0.2, 0.25) is 0 Å². The van der Waals surface area contributed by atoms with Gasteiger partial charge in [0, 0.05) is 23.4 Å². The van der Waals surface area contributed by atoms with E-state index in [2.05, 4.69) is 0 Å². The van der Waals surface area contributed by atoms with Crippen molar-refractivity contribution in [2.75, 3.05) is 0 Å². The monoisotopic (exact) mass is 241 g/mol. The second kappa shape index (κ2) is 4.31. The molecule has 1 unspecified atom stereocenters. The average Bonchev–Trinajstić information content (AvgIpc) is 2.07. The summed E-state index contributed by atoms with van der Waals surface area (Å²) in [5, 5.41) is 9.34. The van der Waals surface area contributed by atoms with Crippen molar-refractivity contribution < 1.29 is 14.7 Å². The fourth-order valence-electron chi connectivity index (χ4n) is 2.65. The Morgan fingerprint density at radius 1 is 1.41 bits per heavy atom. The Bertz CT molecular complexity index is 328. The number of carbonyl (C=O) groups is 2. The maximum Gasteiger partial charge on any atom is 0.407 e. The second-order valence-electron chi connectivity index (χ2n) is 6.53. The molecule has 1 amide bonds. The molecule has 17 heavy (non-hydrogen) atoms. The summed E-state index contributed by atoms with van der Waals surface area (Å²) in [4.78, 5) is 24.6. The molecule has 0 aromatic heterocycles. The van der Waals surface area contributed by atoms with Crippen molar-refractivity contribution in [2.24, 2.45) is 5.41 Å². The van der Waals surface area contributed by atoms with Crippen LogP contribution in [0.3, 0.4) is 0 Å². The van der Waals surface area contributed by atoms with E-state index in [0.29, 0.717) is 19.3 Å². The predicted molar refractivity (Wildman–Crippen MR) is 66.0 cm³/mol. The Morgan fingerprint density at radius 3 is 2.29 bits per heavy atom. The highest BCUT2D eigenvalue weighted by molar-refractivity contribution is 5.85. The van der Waals surface area contributed by atoms with Gasteiger partial charge >= 0.3 is 6.09 Å². The summed E-state index contributed by atoms with van der Waals surface area (Å²) in [6.45, 7) is 9.49. The number of amides is 1. The first-order valence-corrected chi connectivity index (χ1v) is 6.11. The van der Waals surface area contributed by atoms with E-state index in [4.69, 9.17) is 0 Å². The number of carboxylic acid groups (broad SMARTS) is 1. The van der Waals surface area contributed by atoms with Crippen molar-refractivity contribution in [3.05, 3.63) is 0 Å². The van der Waals surface area contributed by atoms with E-state index in [-0.39, 0.29) is 11.8 Å². The van der Waals surface area contributed by atoms with Crippen molar-refractivity contribution in [1.82, 2.24) is 4.90 Å². The summed E-state index contributed by atoms with van der Waals surface area (Å²) in [7, 11) is 0. The highest BCUT2D eigenvalue weighted by atomic mass is 16.4. The van der Waals surface area contributed by atoms with Crippen LogP contribution in [0, 0.1) is 5.41 Å². The third-order valence-corrected chi connectivity index (χ3v) is 3.50. The van der Waals surface area contributed by atoms with Crippen LogP contribution in [0.1, 0.15) is 53.9 Å². The van der Waals surface area contributed by atoms with Crippen molar-refractivity contribution >= 4 is 11.9 Å². The number of hydrogen-bond acceptors (Lipinski definition) is 2. The molecule has 0 spiro atoms. The Kier molecular flexibility index (Phi) is 3.55. The molecule has 98 valence electrons. The summed E-state index contributed by atoms with van der Waals surface area (Å²) in [6, 6.07) is -0.0554. The van der Waals surface area contributed by atoms with Gasteiger partial charge in [-0.05, 0) is 33.6 Å². The lowest BCUT2D eigenvalue weighted by atomic mass is 9.73. The predicted octanol–water partition coefficient (Wildman–Crippen LogP) is 2.91. The first kappa shape index (κ1) is 14.0. The maximum atomic E-state index is 11.7.